The van der Waals surface area contributed by atoms with Gasteiger partial charge in [-0.2, -0.15) is 0 Å². The van der Waals surface area contributed by atoms with Gasteiger partial charge in [-0.1, -0.05) is 13.3 Å². The zero-order chi connectivity index (χ0) is 15.8. The highest BCUT2D eigenvalue weighted by molar-refractivity contribution is 9.10. The van der Waals surface area contributed by atoms with Crippen LogP contribution >= 0.6 is 15.9 Å². The molecule has 1 rings (SSSR count). The number of halogens is 1. The number of nitrogens with two attached hydrogens (primary N) is 1. The van der Waals surface area contributed by atoms with Crippen molar-refractivity contribution in [3.05, 3.63) is 16.6 Å². The van der Waals surface area contributed by atoms with Gasteiger partial charge in [-0.3, -0.25) is 4.79 Å². The van der Waals surface area contributed by atoms with Crippen molar-refractivity contribution in [1.29, 1.82) is 0 Å². The van der Waals surface area contributed by atoms with Crippen molar-refractivity contribution in [1.82, 2.24) is 0 Å². The van der Waals surface area contributed by atoms with Gasteiger partial charge in [0, 0.05) is 16.6 Å². The Hall–Kier alpha value is -1.27. The van der Waals surface area contributed by atoms with E-state index in [1.807, 2.05) is 20.8 Å². The number of hydrogen-bond donors (Lipinski definition) is 2. The lowest BCUT2D eigenvalue weighted by Gasteiger charge is -2.16. The number of ether oxygens (including phenoxy) is 2. The van der Waals surface area contributed by atoms with Crippen molar-refractivity contribution < 1.29 is 14.3 Å². The maximum atomic E-state index is 12.0. The van der Waals surface area contributed by atoms with E-state index in [1.54, 1.807) is 12.1 Å². The Morgan fingerprint density at radius 1 is 1.24 bits per heavy atom. The molecule has 6 heteroatoms. The lowest BCUT2D eigenvalue weighted by atomic mass is 10.1. The molecule has 0 fully saturated rings. The molecule has 5 nitrogen and oxygen atoms in total. The molecular formula is C15H23BrN2O3. The lowest BCUT2D eigenvalue weighted by Crippen LogP contribution is -2.35. The smallest absolute Gasteiger partial charge is 0.241 e. The molecule has 1 amide bonds. The summed E-state index contributed by atoms with van der Waals surface area (Å²) in [7, 11) is 0. The molecule has 0 spiro atoms. The van der Waals surface area contributed by atoms with Crippen LogP contribution in [0.15, 0.2) is 16.6 Å². The van der Waals surface area contributed by atoms with E-state index in [-0.39, 0.29) is 5.91 Å². The zero-order valence-corrected chi connectivity index (χ0v) is 14.3. The highest BCUT2D eigenvalue weighted by Crippen LogP contribution is 2.36. The maximum absolute atomic E-state index is 12.0. The SMILES string of the molecule is CCCC(N)C(=O)Nc1cc(OCC)c(OCC)cc1Br. The van der Waals surface area contributed by atoms with Crippen LogP contribution < -0.4 is 20.5 Å². The van der Waals surface area contributed by atoms with Crippen LogP contribution in [-0.2, 0) is 4.79 Å². The summed E-state index contributed by atoms with van der Waals surface area (Å²) >= 11 is 3.43. The standard InChI is InChI=1S/C15H23BrN2O3/c1-4-7-11(17)15(19)18-12-9-14(21-6-3)13(20-5-2)8-10(12)16/h8-9,11H,4-7,17H2,1-3H3,(H,18,19). The third kappa shape index (κ3) is 5.21. The van der Waals surface area contributed by atoms with Crippen molar-refractivity contribution in [2.24, 2.45) is 5.73 Å². The number of anilines is 1. The first kappa shape index (κ1) is 17.8. The summed E-state index contributed by atoms with van der Waals surface area (Å²) in [5, 5.41) is 2.82. The van der Waals surface area contributed by atoms with Gasteiger partial charge in [-0.15, -0.1) is 0 Å². The van der Waals surface area contributed by atoms with Gasteiger partial charge in [-0.05, 0) is 36.2 Å². The molecule has 21 heavy (non-hydrogen) atoms. The average molecular weight is 359 g/mol. The summed E-state index contributed by atoms with van der Waals surface area (Å²) in [6, 6.07) is 3.02. The van der Waals surface area contributed by atoms with Crippen LogP contribution in [0.5, 0.6) is 11.5 Å². The van der Waals surface area contributed by atoms with Gasteiger partial charge in [0.05, 0.1) is 24.9 Å². The molecule has 0 aliphatic rings. The second kappa shape index (κ2) is 8.89. The van der Waals surface area contributed by atoms with Gasteiger partial charge in [-0.25, -0.2) is 0 Å². The second-order valence-corrected chi connectivity index (χ2v) is 5.38. The molecule has 0 aliphatic carbocycles. The van der Waals surface area contributed by atoms with Crippen molar-refractivity contribution in [2.75, 3.05) is 18.5 Å². The minimum atomic E-state index is -0.510. The van der Waals surface area contributed by atoms with Gasteiger partial charge >= 0.3 is 0 Å². The van der Waals surface area contributed by atoms with Crippen LogP contribution in [0.2, 0.25) is 0 Å². The topological polar surface area (TPSA) is 73.6 Å². The fraction of sp³-hybridized carbons (Fsp3) is 0.533. The summed E-state index contributed by atoms with van der Waals surface area (Å²) in [6.07, 6.45) is 1.52. The quantitative estimate of drug-likeness (QED) is 0.747. The van der Waals surface area contributed by atoms with Crippen LogP contribution in [0.25, 0.3) is 0 Å². The van der Waals surface area contributed by atoms with Crippen molar-refractivity contribution in [2.45, 2.75) is 39.7 Å². The molecule has 1 aromatic carbocycles. The predicted octanol–water partition coefficient (Wildman–Crippen LogP) is 3.31. The Morgan fingerprint density at radius 3 is 2.33 bits per heavy atom. The molecule has 0 aromatic heterocycles. The number of amides is 1. The van der Waals surface area contributed by atoms with Gasteiger partial charge in [0.25, 0.3) is 0 Å². The third-order valence-corrected chi connectivity index (χ3v) is 3.48. The summed E-state index contributed by atoms with van der Waals surface area (Å²) in [6.45, 7) is 6.85. The van der Waals surface area contributed by atoms with E-state index in [4.69, 9.17) is 15.2 Å². The Kier molecular flexibility index (Phi) is 7.53. The largest absolute Gasteiger partial charge is 0.490 e. The van der Waals surface area contributed by atoms with Crippen LogP contribution in [0.3, 0.4) is 0 Å². The van der Waals surface area contributed by atoms with Crippen LogP contribution in [0.1, 0.15) is 33.6 Å². The number of hydrogen-bond acceptors (Lipinski definition) is 4. The van der Waals surface area contributed by atoms with Gasteiger partial charge in [0.15, 0.2) is 11.5 Å². The summed E-state index contributed by atoms with van der Waals surface area (Å²) in [4.78, 5) is 12.0. The van der Waals surface area contributed by atoms with E-state index in [1.165, 1.54) is 0 Å². The highest BCUT2D eigenvalue weighted by atomic mass is 79.9. The number of nitrogens with one attached hydrogen (secondary N) is 1. The van der Waals surface area contributed by atoms with Crippen molar-refractivity contribution in [3.8, 4) is 11.5 Å². The van der Waals surface area contributed by atoms with Crippen LogP contribution in [0, 0.1) is 0 Å². The number of carbonyl (C=O) groups is 1. The van der Waals surface area contributed by atoms with Crippen LogP contribution in [0.4, 0.5) is 5.69 Å². The molecule has 0 radical (unpaired) electrons. The Bertz CT molecular complexity index is 480. The summed E-state index contributed by atoms with van der Waals surface area (Å²) in [5.41, 5.74) is 6.44. The summed E-state index contributed by atoms with van der Waals surface area (Å²) < 4.78 is 11.8. The Balaban J connectivity index is 2.96. The van der Waals surface area contributed by atoms with E-state index in [0.29, 0.717) is 36.8 Å². The molecule has 1 atom stereocenters. The minimum absolute atomic E-state index is 0.204. The number of rotatable bonds is 8. The fourth-order valence-corrected chi connectivity index (χ4v) is 2.26. The molecule has 0 aliphatic heterocycles. The molecule has 0 bridgehead atoms. The minimum Gasteiger partial charge on any atom is -0.490 e. The molecule has 0 saturated carbocycles. The third-order valence-electron chi connectivity index (χ3n) is 2.83. The number of benzene rings is 1. The van der Waals surface area contributed by atoms with Gasteiger partial charge in [0.2, 0.25) is 5.91 Å². The fourth-order valence-electron chi connectivity index (χ4n) is 1.84. The zero-order valence-electron chi connectivity index (χ0n) is 12.7. The lowest BCUT2D eigenvalue weighted by molar-refractivity contribution is -0.117. The van der Waals surface area contributed by atoms with Gasteiger partial charge in [0.1, 0.15) is 0 Å². The summed E-state index contributed by atoms with van der Waals surface area (Å²) in [5.74, 6) is 1.04. The first-order valence-electron chi connectivity index (χ1n) is 7.18. The molecule has 118 valence electrons. The van der Waals surface area contributed by atoms with Crippen molar-refractivity contribution in [3.63, 3.8) is 0 Å². The van der Waals surface area contributed by atoms with Crippen LogP contribution in [-0.4, -0.2) is 25.2 Å². The average Bonchev–Trinajstić information content (AvgIpc) is 2.44. The monoisotopic (exact) mass is 358 g/mol. The second-order valence-electron chi connectivity index (χ2n) is 4.53. The molecule has 0 heterocycles. The number of carbonyl (C=O) groups excluding carboxylic acids is 1. The predicted molar refractivity (Wildman–Crippen MR) is 88.0 cm³/mol. The van der Waals surface area contributed by atoms with E-state index >= 15 is 0 Å². The molecule has 1 aromatic rings. The van der Waals surface area contributed by atoms with E-state index in [0.717, 1.165) is 10.9 Å². The normalized spacial score (nSPS) is 11.9. The molecule has 0 saturated heterocycles. The van der Waals surface area contributed by atoms with Gasteiger partial charge < -0.3 is 20.5 Å². The molecule has 1 unspecified atom stereocenters. The first-order valence-corrected chi connectivity index (χ1v) is 7.98. The Labute approximate surface area is 134 Å². The van der Waals surface area contributed by atoms with E-state index in [9.17, 15) is 4.79 Å². The molecular weight excluding hydrogens is 336 g/mol. The maximum Gasteiger partial charge on any atom is 0.241 e. The first-order chi connectivity index (χ1) is 10.0. The van der Waals surface area contributed by atoms with E-state index in [2.05, 4.69) is 21.2 Å². The Morgan fingerprint density at radius 2 is 1.81 bits per heavy atom. The van der Waals surface area contributed by atoms with E-state index < -0.39 is 6.04 Å². The van der Waals surface area contributed by atoms with Crippen molar-refractivity contribution >= 4 is 27.5 Å². The molecule has 3 N–H and O–H groups in total. The highest BCUT2D eigenvalue weighted by Gasteiger charge is 2.16.